The molecule has 0 bridgehead atoms. The molecule has 3 aromatic carbocycles. The number of nitrogen functional groups attached to an aromatic ring is 1. The monoisotopic (exact) mass is 191 g/mol. The van der Waals surface area contributed by atoms with Gasteiger partial charge in [-0.05, 0) is 29.0 Å². The lowest BCUT2D eigenvalue weighted by molar-refractivity contribution is 1.76. The van der Waals surface area contributed by atoms with E-state index in [4.69, 9.17) is 5.73 Å². The van der Waals surface area contributed by atoms with E-state index in [0.717, 1.165) is 21.8 Å². The molecule has 0 aliphatic rings. The first-order valence-corrected chi connectivity index (χ1v) is 4.85. The molecular weight excluding hydrogens is 182 g/mol. The van der Waals surface area contributed by atoms with E-state index in [0.29, 0.717) is 0 Å². The first kappa shape index (κ1) is 8.14. The molecule has 0 amide bonds. The van der Waals surface area contributed by atoms with Crippen LogP contribution in [0.2, 0.25) is 0 Å². The molecule has 0 radical (unpaired) electrons. The smallest absolute Gasteiger partial charge is 0.0559 e. The molecule has 0 saturated carbocycles. The molecule has 1 nitrogen and oxygen atoms in total. The standard InChI is InChI=1S/C14H9N/c15-14-12-7-3-1-5-10(12)9-11-6-2-4-8-13(11)14/h1-3,5-7,9H,15H2. The van der Waals surface area contributed by atoms with Gasteiger partial charge in [-0.2, -0.15) is 0 Å². The first-order valence-electron chi connectivity index (χ1n) is 4.85. The van der Waals surface area contributed by atoms with Crippen molar-refractivity contribution in [2.75, 3.05) is 5.73 Å². The molecule has 0 aliphatic heterocycles. The van der Waals surface area contributed by atoms with E-state index in [-0.39, 0.29) is 0 Å². The zero-order chi connectivity index (χ0) is 10.3. The Balaban J connectivity index is 2.60. The molecule has 1 heteroatoms. The highest BCUT2D eigenvalue weighted by molar-refractivity contribution is 6.09. The molecule has 0 atom stereocenters. The third kappa shape index (κ3) is 1.12. The molecule has 0 heterocycles. The van der Waals surface area contributed by atoms with Crippen LogP contribution in [0, 0.1) is 12.1 Å². The van der Waals surface area contributed by atoms with Gasteiger partial charge in [0.25, 0.3) is 0 Å². The Hall–Kier alpha value is -2.20. The van der Waals surface area contributed by atoms with Crippen molar-refractivity contribution < 1.29 is 0 Å². The predicted molar refractivity (Wildman–Crippen MR) is 63.5 cm³/mol. The highest BCUT2D eigenvalue weighted by atomic mass is 14.6. The van der Waals surface area contributed by atoms with Crippen LogP contribution in [0.25, 0.3) is 21.5 Å². The number of hydrogen-bond acceptors (Lipinski definition) is 1. The fourth-order valence-corrected chi connectivity index (χ4v) is 1.91. The lowest BCUT2D eigenvalue weighted by Crippen LogP contribution is -1.88. The molecule has 2 N–H and O–H groups in total. The second-order valence-corrected chi connectivity index (χ2v) is 3.58. The van der Waals surface area contributed by atoms with Crippen LogP contribution in [0.3, 0.4) is 0 Å². The van der Waals surface area contributed by atoms with Crippen LogP contribution in [0.15, 0.2) is 42.5 Å². The van der Waals surface area contributed by atoms with Crippen molar-refractivity contribution in [3.63, 3.8) is 0 Å². The Morgan fingerprint density at radius 3 is 2.80 bits per heavy atom. The maximum atomic E-state index is 6.10. The van der Waals surface area contributed by atoms with Crippen molar-refractivity contribution in [2.45, 2.75) is 0 Å². The molecule has 3 aromatic rings. The summed E-state index contributed by atoms with van der Waals surface area (Å²) in [6.45, 7) is 0. The Morgan fingerprint density at radius 2 is 1.87 bits per heavy atom. The van der Waals surface area contributed by atoms with Gasteiger partial charge in [0.05, 0.1) is 11.1 Å². The number of benzene rings is 2. The van der Waals surface area contributed by atoms with Crippen molar-refractivity contribution >= 4 is 27.2 Å². The maximum absolute atomic E-state index is 6.10. The lowest BCUT2D eigenvalue weighted by Gasteiger charge is -2.04. The van der Waals surface area contributed by atoms with Gasteiger partial charge < -0.3 is 5.73 Å². The second-order valence-electron chi connectivity index (χ2n) is 3.58. The fraction of sp³-hybridized carbons (Fsp3) is 0. The summed E-state index contributed by atoms with van der Waals surface area (Å²) < 4.78 is 0. The molecule has 0 saturated heterocycles. The van der Waals surface area contributed by atoms with E-state index in [1.807, 2.05) is 30.3 Å². The van der Waals surface area contributed by atoms with Crippen LogP contribution in [0.4, 0.5) is 5.69 Å². The number of fused-ring (bicyclic) bond motifs is 2. The minimum absolute atomic E-state index is 0.792. The van der Waals surface area contributed by atoms with Crippen LogP contribution in [-0.2, 0) is 0 Å². The molecule has 0 unspecified atom stereocenters. The van der Waals surface area contributed by atoms with Gasteiger partial charge in [-0.1, -0.05) is 36.4 Å². The quantitative estimate of drug-likeness (QED) is 0.542. The summed E-state index contributed by atoms with van der Waals surface area (Å²) in [6, 6.07) is 20.1. The minimum atomic E-state index is 0.792. The van der Waals surface area contributed by atoms with Crippen LogP contribution in [-0.4, -0.2) is 0 Å². The van der Waals surface area contributed by atoms with E-state index >= 15 is 0 Å². The molecule has 3 rings (SSSR count). The summed E-state index contributed by atoms with van der Waals surface area (Å²) in [5, 5.41) is 4.32. The highest BCUT2D eigenvalue weighted by Crippen LogP contribution is 2.28. The molecule has 0 aliphatic carbocycles. The molecular formula is C14H9N. The van der Waals surface area contributed by atoms with Gasteiger partial charge in [0.1, 0.15) is 0 Å². The van der Waals surface area contributed by atoms with E-state index < -0.39 is 0 Å². The van der Waals surface area contributed by atoms with Gasteiger partial charge >= 0.3 is 0 Å². The number of anilines is 1. The summed E-state index contributed by atoms with van der Waals surface area (Å²) in [5.74, 6) is 0. The van der Waals surface area contributed by atoms with Gasteiger partial charge in [0, 0.05) is 5.39 Å². The lowest BCUT2D eigenvalue weighted by atomic mass is 10.0. The molecule has 70 valence electrons. The third-order valence-corrected chi connectivity index (χ3v) is 2.66. The van der Waals surface area contributed by atoms with Gasteiger partial charge in [-0.25, -0.2) is 0 Å². The van der Waals surface area contributed by atoms with Gasteiger partial charge in [0.2, 0.25) is 0 Å². The zero-order valence-electron chi connectivity index (χ0n) is 8.12. The van der Waals surface area contributed by atoms with Gasteiger partial charge in [0.15, 0.2) is 0 Å². The highest BCUT2D eigenvalue weighted by Gasteiger charge is 2.02. The summed E-state index contributed by atoms with van der Waals surface area (Å²) in [6.07, 6.45) is 0. The Labute approximate surface area is 88.1 Å². The SMILES string of the molecule is Nc1c2c#cccc2cc2ccccc12. The summed E-state index contributed by atoms with van der Waals surface area (Å²) in [4.78, 5) is 0. The number of hydrogen-bond donors (Lipinski definition) is 1. The van der Waals surface area contributed by atoms with Crippen LogP contribution >= 0.6 is 0 Å². The van der Waals surface area contributed by atoms with Crippen LogP contribution in [0.1, 0.15) is 0 Å². The average Bonchev–Trinajstić information content (AvgIpc) is 2.30. The first-order chi connectivity index (χ1) is 7.36. The van der Waals surface area contributed by atoms with E-state index in [9.17, 15) is 0 Å². The van der Waals surface area contributed by atoms with E-state index in [2.05, 4.69) is 24.3 Å². The fourth-order valence-electron chi connectivity index (χ4n) is 1.91. The Bertz CT molecular complexity index is 587. The number of rotatable bonds is 0. The van der Waals surface area contributed by atoms with Crippen molar-refractivity contribution in [1.29, 1.82) is 0 Å². The van der Waals surface area contributed by atoms with Gasteiger partial charge in [-0.15, -0.1) is 0 Å². The van der Waals surface area contributed by atoms with Crippen LogP contribution in [0.5, 0.6) is 0 Å². The Kier molecular flexibility index (Phi) is 1.57. The van der Waals surface area contributed by atoms with Crippen LogP contribution < -0.4 is 5.73 Å². The molecule has 15 heavy (non-hydrogen) atoms. The van der Waals surface area contributed by atoms with Crippen molar-refractivity contribution in [3.05, 3.63) is 54.6 Å². The topological polar surface area (TPSA) is 26.0 Å². The largest absolute Gasteiger partial charge is 0.397 e. The normalized spacial score (nSPS) is 10.4. The van der Waals surface area contributed by atoms with Crippen molar-refractivity contribution in [1.82, 2.24) is 0 Å². The molecule has 0 aromatic heterocycles. The third-order valence-electron chi connectivity index (χ3n) is 2.66. The average molecular weight is 191 g/mol. The van der Waals surface area contributed by atoms with Crippen molar-refractivity contribution in [2.24, 2.45) is 0 Å². The second kappa shape index (κ2) is 2.90. The molecule has 0 spiro atoms. The maximum Gasteiger partial charge on any atom is 0.0559 e. The van der Waals surface area contributed by atoms with E-state index in [1.54, 1.807) is 0 Å². The Morgan fingerprint density at radius 1 is 1.00 bits per heavy atom. The minimum Gasteiger partial charge on any atom is -0.397 e. The van der Waals surface area contributed by atoms with E-state index in [1.165, 1.54) is 5.39 Å². The summed E-state index contributed by atoms with van der Waals surface area (Å²) in [5.41, 5.74) is 6.90. The number of nitrogens with two attached hydrogens (primary N) is 1. The summed E-state index contributed by atoms with van der Waals surface area (Å²) in [7, 11) is 0. The molecule has 0 fully saturated rings. The van der Waals surface area contributed by atoms with Gasteiger partial charge in [-0.3, -0.25) is 0 Å². The summed E-state index contributed by atoms with van der Waals surface area (Å²) >= 11 is 0. The van der Waals surface area contributed by atoms with Crippen molar-refractivity contribution in [3.8, 4) is 0 Å². The zero-order valence-corrected chi connectivity index (χ0v) is 8.12. The predicted octanol–water partition coefficient (Wildman–Crippen LogP) is 3.18.